The molecule has 0 unspecified atom stereocenters. The first kappa shape index (κ1) is 9.55. The molecule has 6 heteroatoms. The molecule has 0 aliphatic heterocycles. The number of carbonyl (C=O) groups is 1. The quantitative estimate of drug-likeness (QED) is 0.342. The summed E-state index contributed by atoms with van der Waals surface area (Å²) >= 11 is 9.55. The van der Waals surface area contributed by atoms with Crippen molar-refractivity contribution in [2.24, 2.45) is 0 Å². The van der Waals surface area contributed by atoms with Crippen LogP contribution in [-0.2, 0) is 4.74 Å². The van der Waals surface area contributed by atoms with E-state index in [-0.39, 0.29) is 0 Å². The van der Waals surface area contributed by atoms with Crippen LogP contribution in [0.5, 0.6) is 0 Å². The van der Waals surface area contributed by atoms with Crippen molar-refractivity contribution in [3.63, 3.8) is 0 Å². The second-order valence-corrected chi connectivity index (χ2v) is 4.13. The van der Waals surface area contributed by atoms with Crippen molar-refractivity contribution in [2.45, 2.75) is 0 Å². The molecule has 0 heterocycles. The van der Waals surface area contributed by atoms with E-state index in [1.54, 1.807) is 0 Å². The van der Waals surface area contributed by atoms with Crippen molar-refractivity contribution >= 4 is 54.4 Å². The van der Waals surface area contributed by atoms with Gasteiger partial charge in [0, 0.05) is 21.6 Å². The highest BCUT2D eigenvalue weighted by atomic mass is 35.5. The Hall–Kier alpha value is 0.550. The maximum atomic E-state index is 10.1. The molecular weight excluding hydrogens is 200 g/mol. The SMILES string of the molecule is COC(=S)SSC(=O)Cl. The lowest BCUT2D eigenvalue weighted by Gasteiger charge is -1.94. The first-order valence-corrected chi connectivity index (χ1v) is 4.72. The molecule has 0 aromatic heterocycles. The van der Waals surface area contributed by atoms with Gasteiger partial charge in [-0.3, -0.25) is 4.79 Å². The number of ether oxygens (including phenoxy) is 1. The summed E-state index contributed by atoms with van der Waals surface area (Å²) in [6, 6.07) is 0. The fourth-order valence-electron chi connectivity index (χ4n) is 0.101. The van der Waals surface area contributed by atoms with Crippen molar-refractivity contribution in [1.29, 1.82) is 0 Å². The summed E-state index contributed by atoms with van der Waals surface area (Å²) in [6.45, 7) is 0. The smallest absolute Gasteiger partial charge is 0.290 e. The third kappa shape index (κ3) is 6.44. The molecule has 0 atom stereocenters. The fourth-order valence-corrected chi connectivity index (χ4v) is 1.50. The van der Waals surface area contributed by atoms with Crippen LogP contribution < -0.4 is 0 Å². The van der Waals surface area contributed by atoms with Crippen molar-refractivity contribution in [3.05, 3.63) is 0 Å². The molecule has 0 amide bonds. The molecule has 0 saturated heterocycles. The third-order valence-electron chi connectivity index (χ3n) is 0.342. The molecular formula is C3H3ClO2S3. The molecule has 2 nitrogen and oxygen atoms in total. The summed E-state index contributed by atoms with van der Waals surface area (Å²) in [5.41, 5.74) is 0. The molecule has 0 N–H and O–H groups in total. The second-order valence-electron chi connectivity index (χ2n) is 0.858. The zero-order chi connectivity index (χ0) is 7.28. The summed E-state index contributed by atoms with van der Waals surface area (Å²) in [5, 5.41) is 0. The maximum absolute atomic E-state index is 10.1. The van der Waals surface area contributed by atoms with E-state index in [1.165, 1.54) is 7.11 Å². The molecule has 0 fully saturated rings. The van der Waals surface area contributed by atoms with Gasteiger partial charge in [-0.15, -0.1) is 0 Å². The number of methoxy groups -OCH3 is 1. The van der Waals surface area contributed by atoms with Gasteiger partial charge < -0.3 is 4.74 Å². The summed E-state index contributed by atoms with van der Waals surface area (Å²) < 4.78 is 4.36. The van der Waals surface area contributed by atoms with Gasteiger partial charge in [-0.2, -0.15) is 0 Å². The molecule has 0 aliphatic carbocycles. The molecule has 0 radical (unpaired) electrons. The van der Waals surface area contributed by atoms with Gasteiger partial charge in [0.1, 0.15) is 0 Å². The molecule has 0 aromatic carbocycles. The van der Waals surface area contributed by atoms with Crippen LogP contribution in [0.1, 0.15) is 0 Å². The van der Waals surface area contributed by atoms with Gasteiger partial charge in [-0.25, -0.2) is 0 Å². The van der Waals surface area contributed by atoms with Crippen molar-refractivity contribution < 1.29 is 9.53 Å². The van der Waals surface area contributed by atoms with Gasteiger partial charge in [-0.05, 0) is 23.8 Å². The minimum atomic E-state index is -0.501. The number of thiocarbonyl (C=S) groups is 1. The third-order valence-corrected chi connectivity index (χ3v) is 3.26. The highest BCUT2D eigenvalue weighted by molar-refractivity contribution is 8.88. The van der Waals surface area contributed by atoms with Gasteiger partial charge >= 0.3 is 0 Å². The summed E-state index contributed by atoms with van der Waals surface area (Å²) in [6.07, 6.45) is 0. The largest absolute Gasteiger partial charge is 0.481 e. The average molecular weight is 203 g/mol. The summed E-state index contributed by atoms with van der Waals surface area (Å²) in [5.74, 6) is 0. The first-order chi connectivity index (χ1) is 4.16. The topological polar surface area (TPSA) is 26.3 Å². The van der Waals surface area contributed by atoms with E-state index in [0.29, 0.717) is 4.38 Å². The maximum Gasteiger partial charge on any atom is 0.290 e. The molecule has 52 valence electrons. The van der Waals surface area contributed by atoms with Crippen LogP contribution in [0.25, 0.3) is 0 Å². The summed E-state index contributed by atoms with van der Waals surface area (Å²) in [4.78, 5) is 10.1. The Kier molecular flexibility index (Phi) is 5.67. The number of halogens is 1. The monoisotopic (exact) mass is 202 g/mol. The zero-order valence-corrected chi connectivity index (χ0v) is 7.62. The van der Waals surface area contributed by atoms with Gasteiger partial charge in [0.2, 0.25) is 4.38 Å². The Balaban J connectivity index is 3.28. The van der Waals surface area contributed by atoms with E-state index in [0.717, 1.165) is 21.6 Å². The lowest BCUT2D eigenvalue weighted by atomic mass is 11.5. The Morgan fingerprint density at radius 3 is 2.56 bits per heavy atom. The predicted octanol–water partition coefficient (Wildman–Crippen LogP) is 2.66. The van der Waals surface area contributed by atoms with Gasteiger partial charge in [0.05, 0.1) is 7.11 Å². The summed E-state index contributed by atoms with van der Waals surface area (Å²) in [7, 11) is 3.31. The Morgan fingerprint density at radius 2 is 2.22 bits per heavy atom. The lowest BCUT2D eigenvalue weighted by molar-refractivity contribution is 0.276. The fraction of sp³-hybridized carbons (Fsp3) is 0.333. The van der Waals surface area contributed by atoms with Crippen LogP contribution >= 0.6 is 45.4 Å². The van der Waals surface area contributed by atoms with Crippen molar-refractivity contribution in [3.8, 4) is 0 Å². The molecule has 0 rings (SSSR count). The van der Waals surface area contributed by atoms with Crippen LogP contribution in [-0.4, -0.2) is 16.1 Å². The molecule has 0 spiro atoms. The van der Waals surface area contributed by atoms with E-state index >= 15 is 0 Å². The highest BCUT2D eigenvalue weighted by Gasteiger charge is 2.00. The minimum absolute atomic E-state index is 0.300. The second kappa shape index (κ2) is 5.34. The van der Waals surface area contributed by atoms with Gasteiger partial charge in [0.15, 0.2) is 0 Å². The van der Waals surface area contributed by atoms with E-state index in [1.807, 2.05) is 0 Å². The van der Waals surface area contributed by atoms with E-state index < -0.39 is 4.57 Å². The van der Waals surface area contributed by atoms with Crippen LogP contribution in [0.2, 0.25) is 0 Å². The minimum Gasteiger partial charge on any atom is -0.481 e. The average Bonchev–Trinajstić information content (AvgIpc) is 1.83. The van der Waals surface area contributed by atoms with Crippen LogP contribution in [0, 0.1) is 0 Å². The number of hydrogen-bond donors (Lipinski definition) is 0. The number of carbonyl (C=O) groups excluding carboxylic acids is 1. The Morgan fingerprint density at radius 1 is 1.67 bits per heavy atom. The standard InChI is InChI=1S/C3H3ClO2S3/c1-6-3(7)9-8-2(4)5/h1H3. The van der Waals surface area contributed by atoms with E-state index in [2.05, 4.69) is 17.0 Å². The number of hydrogen-bond acceptors (Lipinski definition) is 5. The predicted molar refractivity (Wildman–Crippen MR) is 46.0 cm³/mol. The van der Waals surface area contributed by atoms with Crippen LogP contribution in [0.15, 0.2) is 0 Å². The molecule has 0 aliphatic rings. The van der Waals surface area contributed by atoms with Crippen LogP contribution in [0.3, 0.4) is 0 Å². The van der Waals surface area contributed by atoms with E-state index in [4.69, 9.17) is 11.6 Å². The van der Waals surface area contributed by atoms with E-state index in [9.17, 15) is 4.79 Å². The van der Waals surface area contributed by atoms with Crippen LogP contribution in [0.4, 0.5) is 4.79 Å². The van der Waals surface area contributed by atoms with Gasteiger partial charge in [-0.1, -0.05) is 0 Å². The lowest BCUT2D eigenvalue weighted by Crippen LogP contribution is -1.86. The first-order valence-electron chi connectivity index (χ1n) is 1.78. The van der Waals surface area contributed by atoms with Crippen molar-refractivity contribution in [1.82, 2.24) is 0 Å². The molecule has 0 bridgehead atoms. The Bertz CT molecular complexity index is 126. The van der Waals surface area contributed by atoms with Crippen molar-refractivity contribution in [2.75, 3.05) is 7.11 Å². The molecule has 0 saturated carbocycles. The molecule has 9 heavy (non-hydrogen) atoms. The molecule has 0 aromatic rings. The highest BCUT2D eigenvalue weighted by Crippen LogP contribution is 2.26. The zero-order valence-electron chi connectivity index (χ0n) is 4.42. The normalized spacial score (nSPS) is 8.67. The Labute approximate surface area is 71.1 Å². The van der Waals surface area contributed by atoms with Gasteiger partial charge in [0.25, 0.3) is 4.57 Å². The number of rotatable bonds is 0.